The highest BCUT2D eigenvalue weighted by molar-refractivity contribution is 6.33. The first kappa shape index (κ1) is 28.9. The third-order valence-corrected chi connectivity index (χ3v) is 5.92. The van der Waals surface area contributed by atoms with Crippen LogP contribution >= 0.6 is 11.6 Å². The molecule has 3 aromatic rings. The molecule has 1 heterocycles. The van der Waals surface area contributed by atoms with Gasteiger partial charge < -0.3 is 15.1 Å². The first-order valence-corrected chi connectivity index (χ1v) is 12.7. The Bertz CT molecular complexity index is 1260. The minimum atomic E-state index is -0.365. The lowest BCUT2D eigenvalue weighted by molar-refractivity contribution is 0.559. The fraction of sp³-hybridized carbons (Fsp3) is 0.258. The molecule has 2 N–H and O–H groups in total. The molecule has 1 atom stereocenters. The van der Waals surface area contributed by atoms with E-state index in [4.69, 9.17) is 16.0 Å². The van der Waals surface area contributed by atoms with Crippen LogP contribution in [0.5, 0.6) is 0 Å². The van der Waals surface area contributed by atoms with Crippen molar-refractivity contribution in [2.24, 2.45) is 0 Å². The fourth-order valence-electron chi connectivity index (χ4n) is 3.68. The van der Waals surface area contributed by atoms with Gasteiger partial charge in [0.15, 0.2) is 0 Å². The van der Waals surface area contributed by atoms with Crippen LogP contribution in [0.25, 0.3) is 22.1 Å². The van der Waals surface area contributed by atoms with Gasteiger partial charge in [-0.3, -0.25) is 0 Å². The smallest absolute Gasteiger partial charge is 0.338 e. The lowest BCUT2D eigenvalue weighted by Crippen LogP contribution is -2.26. The number of allylic oxidation sites excluding steroid dienone is 5. The maximum absolute atomic E-state index is 12.2. The molecule has 190 valence electrons. The van der Waals surface area contributed by atoms with Gasteiger partial charge in [-0.15, -0.1) is 6.58 Å². The van der Waals surface area contributed by atoms with Gasteiger partial charge in [0.2, 0.25) is 0 Å². The van der Waals surface area contributed by atoms with Gasteiger partial charge in [-0.25, -0.2) is 4.79 Å². The molecule has 0 radical (unpaired) electrons. The number of halogens is 1. The largest absolute Gasteiger partial charge is 0.423 e. The van der Waals surface area contributed by atoms with Crippen LogP contribution in [0.3, 0.4) is 0 Å². The van der Waals surface area contributed by atoms with E-state index in [-0.39, 0.29) is 11.7 Å². The third-order valence-electron chi connectivity index (χ3n) is 5.59. The van der Waals surface area contributed by atoms with Crippen molar-refractivity contribution in [3.05, 3.63) is 113 Å². The van der Waals surface area contributed by atoms with Crippen molar-refractivity contribution in [3.63, 3.8) is 0 Å². The quantitative estimate of drug-likeness (QED) is 0.120. The van der Waals surface area contributed by atoms with Crippen molar-refractivity contribution in [1.29, 1.82) is 0 Å². The summed E-state index contributed by atoms with van der Waals surface area (Å²) in [6, 6.07) is 15.3. The second-order valence-corrected chi connectivity index (χ2v) is 8.62. The lowest BCUT2D eigenvalue weighted by atomic mass is 10.0. The summed E-state index contributed by atoms with van der Waals surface area (Å²) in [7, 11) is 0. The molecule has 0 aliphatic carbocycles. The number of rotatable bonds is 11. The van der Waals surface area contributed by atoms with Crippen LogP contribution in [-0.2, 0) is 0 Å². The van der Waals surface area contributed by atoms with Crippen LogP contribution in [0.2, 0.25) is 5.02 Å². The first-order chi connectivity index (χ1) is 17.5. The summed E-state index contributed by atoms with van der Waals surface area (Å²) in [5, 5.41) is 8.55. The summed E-state index contributed by atoms with van der Waals surface area (Å²) in [6.45, 7) is 14.8. The Balaban J connectivity index is 0.00000145. The van der Waals surface area contributed by atoms with Crippen molar-refractivity contribution >= 4 is 28.3 Å². The van der Waals surface area contributed by atoms with Crippen LogP contribution in [-0.4, -0.2) is 19.1 Å². The van der Waals surface area contributed by atoms with Gasteiger partial charge in [-0.2, -0.15) is 0 Å². The predicted octanol–water partition coefficient (Wildman–Crippen LogP) is 8.16. The molecule has 5 heteroatoms. The van der Waals surface area contributed by atoms with E-state index < -0.39 is 0 Å². The minimum absolute atomic E-state index is 0.217. The summed E-state index contributed by atoms with van der Waals surface area (Å²) >= 11 is 6.40. The van der Waals surface area contributed by atoms with E-state index in [1.54, 1.807) is 6.08 Å². The molecule has 0 saturated heterocycles. The second-order valence-electron chi connectivity index (χ2n) is 8.22. The van der Waals surface area contributed by atoms with E-state index in [1.807, 2.05) is 68.5 Å². The second kappa shape index (κ2) is 15.6. The molecule has 4 nitrogen and oxygen atoms in total. The Hall–Kier alpha value is -3.34. The summed E-state index contributed by atoms with van der Waals surface area (Å²) in [6.07, 6.45) is 11.6. The highest BCUT2D eigenvalue weighted by Gasteiger charge is 2.12. The molecule has 1 aromatic heterocycles. The first-order valence-electron chi connectivity index (χ1n) is 12.3. The van der Waals surface area contributed by atoms with Gasteiger partial charge in [-0.1, -0.05) is 79.7 Å². The van der Waals surface area contributed by atoms with Gasteiger partial charge in [0, 0.05) is 34.6 Å². The van der Waals surface area contributed by atoms with Gasteiger partial charge in [-0.05, 0) is 62.6 Å². The van der Waals surface area contributed by atoms with E-state index in [0.717, 1.165) is 53.7 Å². The standard InChI is InChI=1S/C28H31ClN2O2.C3H6/c1-4-20(5-2)10-9-16-30-17-15-22(6-3)31-26-19-28(32)33-27-14-13-21(18-24(26)27)23-11-7-8-12-25(23)29;1-3-2/h4-5,7-14,18-19,22,30-31H,1,6,15-17H2,2-3H3;3H,1H2,2H3/b10-9+,20-5+;. The Morgan fingerprint density at radius 3 is 2.56 bits per heavy atom. The Kier molecular flexibility index (Phi) is 12.5. The molecule has 0 aliphatic rings. The molecule has 3 rings (SSSR count). The van der Waals surface area contributed by atoms with Gasteiger partial charge in [0.05, 0.1) is 5.69 Å². The van der Waals surface area contributed by atoms with Crippen LogP contribution in [0, 0.1) is 0 Å². The van der Waals surface area contributed by atoms with E-state index in [9.17, 15) is 4.79 Å². The van der Waals surface area contributed by atoms with Crippen LogP contribution in [0.4, 0.5) is 5.69 Å². The highest BCUT2D eigenvalue weighted by Crippen LogP contribution is 2.32. The van der Waals surface area contributed by atoms with Crippen LogP contribution < -0.4 is 16.3 Å². The van der Waals surface area contributed by atoms with Gasteiger partial charge >= 0.3 is 5.63 Å². The summed E-state index contributed by atoms with van der Waals surface area (Å²) in [5.41, 5.74) is 4.00. The average molecular weight is 505 g/mol. The number of anilines is 1. The highest BCUT2D eigenvalue weighted by atomic mass is 35.5. The van der Waals surface area contributed by atoms with E-state index in [0.29, 0.717) is 10.6 Å². The molecular formula is C31H37ClN2O2. The lowest BCUT2D eigenvalue weighted by Gasteiger charge is -2.19. The molecule has 0 amide bonds. The van der Waals surface area contributed by atoms with Crippen molar-refractivity contribution in [2.45, 2.75) is 39.7 Å². The maximum Gasteiger partial charge on any atom is 0.338 e. The monoisotopic (exact) mass is 504 g/mol. The van der Waals surface area contributed by atoms with Crippen LogP contribution in [0.1, 0.15) is 33.6 Å². The SMILES string of the molecule is C=CC.C=CC(/C=C/CNCCC(CC)Nc1cc(=O)oc2ccc(-c3ccccc3Cl)cc12)=C\C. The summed E-state index contributed by atoms with van der Waals surface area (Å²) in [5.74, 6) is 0. The number of hydrogen-bond donors (Lipinski definition) is 2. The minimum Gasteiger partial charge on any atom is -0.423 e. The molecular weight excluding hydrogens is 468 g/mol. The molecule has 0 saturated carbocycles. The Morgan fingerprint density at radius 2 is 1.89 bits per heavy atom. The fourth-order valence-corrected chi connectivity index (χ4v) is 3.93. The zero-order valence-corrected chi connectivity index (χ0v) is 22.3. The molecule has 0 bridgehead atoms. The van der Waals surface area contributed by atoms with Gasteiger partial charge in [0.25, 0.3) is 0 Å². The number of fused-ring (bicyclic) bond motifs is 1. The normalized spacial score (nSPS) is 12.2. The zero-order chi connectivity index (χ0) is 26.3. The van der Waals surface area contributed by atoms with Crippen molar-refractivity contribution in [3.8, 4) is 11.1 Å². The topological polar surface area (TPSA) is 54.3 Å². The van der Waals surface area contributed by atoms with Crippen LogP contribution in [0.15, 0.2) is 107 Å². The van der Waals surface area contributed by atoms with E-state index in [1.165, 1.54) is 6.07 Å². The van der Waals surface area contributed by atoms with Crippen molar-refractivity contribution in [2.75, 3.05) is 18.4 Å². The van der Waals surface area contributed by atoms with Crippen molar-refractivity contribution in [1.82, 2.24) is 5.32 Å². The summed E-state index contributed by atoms with van der Waals surface area (Å²) < 4.78 is 5.44. The van der Waals surface area contributed by atoms with E-state index in [2.05, 4.69) is 42.9 Å². The molecule has 2 aromatic carbocycles. The maximum atomic E-state index is 12.2. The Labute approximate surface area is 220 Å². The number of benzene rings is 2. The zero-order valence-electron chi connectivity index (χ0n) is 21.5. The van der Waals surface area contributed by atoms with Gasteiger partial charge in [0.1, 0.15) is 5.58 Å². The third kappa shape index (κ3) is 8.71. The molecule has 0 fully saturated rings. The molecule has 0 aliphatic heterocycles. The molecule has 0 spiro atoms. The average Bonchev–Trinajstić information content (AvgIpc) is 2.88. The summed E-state index contributed by atoms with van der Waals surface area (Å²) in [4.78, 5) is 12.2. The number of hydrogen-bond acceptors (Lipinski definition) is 4. The number of nitrogens with one attached hydrogen (secondary N) is 2. The predicted molar refractivity (Wildman–Crippen MR) is 157 cm³/mol. The molecule has 1 unspecified atom stereocenters. The van der Waals surface area contributed by atoms with E-state index >= 15 is 0 Å². The van der Waals surface area contributed by atoms with Crippen molar-refractivity contribution < 1.29 is 4.42 Å². The molecule has 36 heavy (non-hydrogen) atoms. The Morgan fingerprint density at radius 1 is 1.14 bits per heavy atom.